The first kappa shape index (κ1) is 17.8. The zero-order valence-electron chi connectivity index (χ0n) is 11.5. The summed E-state index contributed by atoms with van der Waals surface area (Å²) in [4.78, 5) is 1.35. The second-order valence-electron chi connectivity index (χ2n) is 4.79. The number of thioether (sulfide) groups is 1. The van der Waals surface area contributed by atoms with Gasteiger partial charge in [0.1, 0.15) is 0 Å². The molecule has 1 aromatic carbocycles. The lowest BCUT2D eigenvalue weighted by atomic mass is 10.0. The summed E-state index contributed by atoms with van der Waals surface area (Å²) < 4.78 is 26.8. The molecule has 0 saturated carbocycles. The van der Waals surface area contributed by atoms with Gasteiger partial charge in [0.25, 0.3) is 0 Å². The molecule has 1 unspecified atom stereocenters. The number of nitrogens with two attached hydrogens (primary N) is 1. The lowest BCUT2D eigenvalue weighted by Crippen LogP contribution is -2.41. The zero-order valence-corrected chi connectivity index (χ0v) is 13.9. The van der Waals surface area contributed by atoms with Gasteiger partial charge in [-0.05, 0) is 49.8 Å². The van der Waals surface area contributed by atoms with Gasteiger partial charge in [-0.1, -0.05) is 6.07 Å². The Morgan fingerprint density at radius 2 is 2.20 bits per heavy atom. The number of halogens is 1. The highest BCUT2D eigenvalue weighted by molar-refractivity contribution is 7.98. The maximum absolute atomic E-state index is 12.6. The van der Waals surface area contributed by atoms with Crippen molar-refractivity contribution in [3.8, 4) is 0 Å². The van der Waals surface area contributed by atoms with Crippen LogP contribution in [0.3, 0.4) is 0 Å². The highest BCUT2D eigenvalue weighted by Crippen LogP contribution is 2.25. The third kappa shape index (κ3) is 3.89. The Balaban J connectivity index is 0.00000200. The van der Waals surface area contributed by atoms with Gasteiger partial charge in [0, 0.05) is 18.0 Å². The van der Waals surface area contributed by atoms with Gasteiger partial charge < -0.3 is 5.73 Å². The fourth-order valence-electron chi connectivity index (χ4n) is 2.35. The molecule has 0 amide bonds. The van der Waals surface area contributed by atoms with Gasteiger partial charge in [0.05, 0.1) is 4.90 Å². The lowest BCUT2D eigenvalue weighted by Gasteiger charge is -2.31. The molecule has 1 saturated heterocycles. The molecule has 1 atom stereocenters. The molecule has 1 fully saturated rings. The number of hydrogen-bond donors (Lipinski definition) is 1. The standard InChI is InChI=1S/C13H20N2O2S2.ClH/c1-18-12-5-2-6-13(8-12)19(16,17)15-7-3-4-11(9-14)10-15;/h2,5-6,8,11H,3-4,7,9-10,14H2,1H3;1H. The van der Waals surface area contributed by atoms with Crippen molar-refractivity contribution in [3.63, 3.8) is 0 Å². The van der Waals surface area contributed by atoms with E-state index in [2.05, 4.69) is 0 Å². The Hall–Kier alpha value is -0.270. The van der Waals surface area contributed by atoms with E-state index in [0.29, 0.717) is 24.5 Å². The molecule has 0 aliphatic carbocycles. The fourth-order valence-corrected chi connectivity index (χ4v) is 4.48. The fraction of sp³-hybridized carbons (Fsp3) is 0.538. The van der Waals surface area contributed by atoms with Crippen molar-refractivity contribution >= 4 is 34.2 Å². The van der Waals surface area contributed by atoms with E-state index in [1.54, 1.807) is 34.3 Å². The van der Waals surface area contributed by atoms with Crippen molar-refractivity contribution in [1.29, 1.82) is 0 Å². The molecule has 1 aliphatic heterocycles. The molecule has 1 heterocycles. The third-order valence-corrected chi connectivity index (χ3v) is 6.08. The second-order valence-corrected chi connectivity index (χ2v) is 7.60. The average Bonchev–Trinajstić information content (AvgIpc) is 2.47. The van der Waals surface area contributed by atoms with E-state index in [4.69, 9.17) is 5.73 Å². The Morgan fingerprint density at radius 3 is 2.85 bits per heavy atom. The third-order valence-electron chi connectivity index (χ3n) is 3.49. The molecule has 4 nitrogen and oxygen atoms in total. The van der Waals surface area contributed by atoms with Gasteiger partial charge in [-0.3, -0.25) is 0 Å². The van der Waals surface area contributed by atoms with Crippen molar-refractivity contribution in [2.24, 2.45) is 11.7 Å². The van der Waals surface area contributed by atoms with E-state index < -0.39 is 10.0 Å². The quantitative estimate of drug-likeness (QED) is 0.856. The first-order valence-corrected chi connectivity index (χ1v) is 9.08. The number of rotatable bonds is 4. The van der Waals surface area contributed by atoms with Crippen molar-refractivity contribution in [3.05, 3.63) is 24.3 Å². The van der Waals surface area contributed by atoms with E-state index in [1.807, 2.05) is 12.3 Å². The van der Waals surface area contributed by atoms with E-state index >= 15 is 0 Å². The minimum absolute atomic E-state index is 0. The first-order chi connectivity index (χ1) is 9.07. The molecule has 20 heavy (non-hydrogen) atoms. The van der Waals surface area contributed by atoms with Crippen LogP contribution in [-0.4, -0.2) is 38.6 Å². The molecular weight excluding hydrogens is 316 g/mol. The van der Waals surface area contributed by atoms with E-state index in [0.717, 1.165) is 17.7 Å². The van der Waals surface area contributed by atoms with Gasteiger partial charge in [0.2, 0.25) is 10.0 Å². The zero-order chi connectivity index (χ0) is 13.9. The van der Waals surface area contributed by atoms with Crippen LogP contribution in [0.25, 0.3) is 0 Å². The summed E-state index contributed by atoms with van der Waals surface area (Å²) >= 11 is 1.55. The van der Waals surface area contributed by atoms with Crippen LogP contribution >= 0.6 is 24.2 Å². The Kier molecular flexibility index (Phi) is 6.81. The lowest BCUT2D eigenvalue weighted by molar-refractivity contribution is 0.271. The molecule has 2 N–H and O–H groups in total. The number of sulfonamides is 1. The van der Waals surface area contributed by atoms with Gasteiger partial charge >= 0.3 is 0 Å². The monoisotopic (exact) mass is 336 g/mol. The van der Waals surface area contributed by atoms with Crippen LogP contribution in [0.1, 0.15) is 12.8 Å². The SMILES string of the molecule is CSc1cccc(S(=O)(=O)N2CCCC(CN)C2)c1.Cl. The predicted octanol–water partition coefficient (Wildman–Crippen LogP) is 2.19. The Labute approximate surface area is 131 Å². The van der Waals surface area contributed by atoms with Crippen LogP contribution in [0.2, 0.25) is 0 Å². The average molecular weight is 337 g/mol. The summed E-state index contributed by atoms with van der Waals surface area (Å²) in [5.74, 6) is 0.284. The topological polar surface area (TPSA) is 63.4 Å². The molecule has 0 spiro atoms. The van der Waals surface area contributed by atoms with Gasteiger partial charge in [-0.15, -0.1) is 24.2 Å². The van der Waals surface area contributed by atoms with Crippen LogP contribution in [0.5, 0.6) is 0 Å². The van der Waals surface area contributed by atoms with Gasteiger partial charge in [0.15, 0.2) is 0 Å². The molecule has 7 heteroatoms. The molecular formula is C13H21ClN2O2S2. The largest absolute Gasteiger partial charge is 0.330 e. The Bertz CT molecular complexity index is 537. The highest BCUT2D eigenvalue weighted by atomic mass is 35.5. The van der Waals surface area contributed by atoms with Crippen molar-refractivity contribution in [2.75, 3.05) is 25.9 Å². The second kappa shape index (κ2) is 7.66. The molecule has 0 bridgehead atoms. The number of nitrogens with zero attached hydrogens (tertiary/aromatic N) is 1. The van der Waals surface area contributed by atoms with Gasteiger partial charge in [-0.25, -0.2) is 8.42 Å². The maximum atomic E-state index is 12.6. The van der Waals surface area contributed by atoms with Crippen molar-refractivity contribution < 1.29 is 8.42 Å². The number of piperidine rings is 1. The smallest absolute Gasteiger partial charge is 0.243 e. The summed E-state index contributed by atoms with van der Waals surface area (Å²) in [6, 6.07) is 7.12. The molecule has 1 aromatic rings. The highest BCUT2D eigenvalue weighted by Gasteiger charge is 2.29. The van der Waals surface area contributed by atoms with Crippen LogP contribution in [-0.2, 0) is 10.0 Å². The van der Waals surface area contributed by atoms with Crippen molar-refractivity contribution in [2.45, 2.75) is 22.6 Å². The maximum Gasteiger partial charge on any atom is 0.243 e. The summed E-state index contributed by atoms with van der Waals surface area (Å²) in [5, 5.41) is 0. The molecule has 1 aliphatic rings. The number of benzene rings is 1. The summed E-state index contributed by atoms with van der Waals surface area (Å²) in [7, 11) is -3.37. The van der Waals surface area contributed by atoms with Crippen molar-refractivity contribution in [1.82, 2.24) is 4.31 Å². The minimum Gasteiger partial charge on any atom is -0.330 e. The molecule has 0 aromatic heterocycles. The van der Waals surface area contributed by atoms with E-state index in [-0.39, 0.29) is 18.3 Å². The molecule has 0 radical (unpaired) electrons. The van der Waals surface area contributed by atoms with E-state index in [9.17, 15) is 8.42 Å². The van der Waals surface area contributed by atoms with Gasteiger partial charge in [-0.2, -0.15) is 4.31 Å². The van der Waals surface area contributed by atoms with Crippen LogP contribution in [0, 0.1) is 5.92 Å². The van der Waals surface area contributed by atoms with Crippen LogP contribution < -0.4 is 5.73 Å². The summed E-state index contributed by atoms with van der Waals surface area (Å²) in [6.45, 7) is 1.70. The number of hydrogen-bond acceptors (Lipinski definition) is 4. The van der Waals surface area contributed by atoms with Crippen LogP contribution in [0.15, 0.2) is 34.1 Å². The molecule has 2 rings (SSSR count). The summed E-state index contributed by atoms with van der Waals surface area (Å²) in [5.41, 5.74) is 5.67. The summed E-state index contributed by atoms with van der Waals surface area (Å²) in [6.07, 6.45) is 3.85. The van der Waals surface area contributed by atoms with E-state index in [1.165, 1.54) is 0 Å². The minimum atomic E-state index is -3.37. The van der Waals surface area contributed by atoms with Crippen LogP contribution in [0.4, 0.5) is 0 Å². The molecule has 114 valence electrons. The predicted molar refractivity (Wildman–Crippen MR) is 86.0 cm³/mol. The normalized spacial score (nSPS) is 20.4. The Morgan fingerprint density at radius 1 is 1.45 bits per heavy atom. The first-order valence-electron chi connectivity index (χ1n) is 6.42.